The minimum absolute atomic E-state index is 0.0513. The second-order valence-corrected chi connectivity index (χ2v) is 9.24. The van der Waals surface area contributed by atoms with E-state index in [1.54, 1.807) is 35.1 Å². The number of aromatic nitrogens is 2. The summed E-state index contributed by atoms with van der Waals surface area (Å²) in [5.41, 5.74) is 3.34. The van der Waals surface area contributed by atoms with E-state index in [0.717, 1.165) is 58.4 Å². The van der Waals surface area contributed by atoms with Gasteiger partial charge < -0.3 is 21.3 Å². The van der Waals surface area contributed by atoms with E-state index in [1.165, 1.54) is 10.4 Å². The van der Waals surface area contributed by atoms with Crippen molar-refractivity contribution < 1.29 is 4.79 Å². The molecule has 3 aromatic heterocycles. The number of thiophene rings is 1. The maximum absolute atomic E-state index is 12.6. The Labute approximate surface area is 171 Å². The van der Waals surface area contributed by atoms with Crippen LogP contribution in [0.25, 0.3) is 20.8 Å². The number of nitrogens with one attached hydrogen (secondary N) is 4. The van der Waals surface area contributed by atoms with Crippen molar-refractivity contribution in [2.24, 2.45) is 0 Å². The molecule has 28 heavy (non-hydrogen) atoms. The zero-order chi connectivity index (χ0) is 18.9. The molecule has 1 fully saturated rings. The lowest BCUT2D eigenvalue weighted by Crippen LogP contribution is -2.55. The Morgan fingerprint density at radius 1 is 1.29 bits per heavy atom. The van der Waals surface area contributed by atoms with Crippen LogP contribution >= 0.6 is 22.7 Å². The highest BCUT2D eigenvalue weighted by Crippen LogP contribution is 2.44. The molecule has 0 bridgehead atoms. The van der Waals surface area contributed by atoms with E-state index in [9.17, 15) is 4.79 Å². The first-order chi connectivity index (χ1) is 13.8. The SMILES string of the molecule is O=C(CCNC1CNC1)Nc1sc2c(c1-c1nc3cnccc3s1)CCNC2. The van der Waals surface area contributed by atoms with Gasteiger partial charge in [-0.1, -0.05) is 0 Å². The summed E-state index contributed by atoms with van der Waals surface area (Å²) >= 11 is 3.34. The molecule has 0 atom stereocenters. The van der Waals surface area contributed by atoms with Gasteiger partial charge in [-0.25, -0.2) is 4.98 Å². The van der Waals surface area contributed by atoms with Crippen LogP contribution in [0.15, 0.2) is 18.5 Å². The Hall–Kier alpha value is -1.91. The molecule has 4 N–H and O–H groups in total. The number of carbonyl (C=O) groups excluding carboxylic acids is 1. The van der Waals surface area contributed by atoms with Crippen molar-refractivity contribution >= 4 is 43.8 Å². The van der Waals surface area contributed by atoms with E-state index in [0.29, 0.717) is 19.0 Å². The van der Waals surface area contributed by atoms with E-state index in [2.05, 4.69) is 26.3 Å². The van der Waals surface area contributed by atoms with Gasteiger partial charge >= 0.3 is 0 Å². The van der Waals surface area contributed by atoms with Gasteiger partial charge in [0.05, 0.1) is 10.9 Å². The molecular weight excluding hydrogens is 392 g/mol. The molecule has 0 saturated carbocycles. The lowest BCUT2D eigenvalue weighted by atomic mass is 10.0. The first-order valence-electron chi connectivity index (χ1n) is 9.58. The summed E-state index contributed by atoms with van der Waals surface area (Å²) < 4.78 is 1.12. The number of pyridine rings is 1. The topological polar surface area (TPSA) is 91.0 Å². The summed E-state index contributed by atoms with van der Waals surface area (Å²) in [6.45, 7) is 4.49. The first-order valence-corrected chi connectivity index (χ1v) is 11.2. The summed E-state index contributed by atoms with van der Waals surface area (Å²) in [4.78, 5) is 22.9. The second-order valence-electron chi connectivity index (χ2n) is 7.10. The van der Waals surface area contributed by atoms with Gasteiger partial charge in [0.25, 0.3) is 0 Å². The third-order valence-electron chi connectivity index (χ3n) is 5.15. The van der Waals surface area contributed by atoms with E-state index in [1.807, 2.05) is 6.07 Å². The molecule has 5 heterocycles. The number of anilines is 1. The summed E-state index contributed by atoms with van der Waals surface area (Å²) in [5.74, 6) is 0.0513. The van der Waals surface area contributed by atoms with Crippen LogP contribution < -0.4 is 21.3 Å². The van der Waals surface area contributed by atoms with Crippen LogP contribution in [0.5, 0.6) is 0 Å². The number of hydrogen-bond acceptors (Lipinski definition) is 8. The van der Waals surface area contributed by atoms with Crippen molar-refractivity contribution in [3.63, 3.8) is 0 Å². The van der Waals surface area contributed by atoms with Crippen LogP contribution in [-0.4, -0.2) is 48.1 Å². The fourth-order valence-corrected chi connectivity index (χ4v) is 5.86. The van der Waals surface area contributed by atoms with Crippen LogP contribution in [0.2, 0.25) is 0 Å². The maximum atomic E-state index is 12.6. The molecule has 0 spiro atoms. The van der Waals surface area contributed by atoms with Gasteiger partial charge in [-0.05, 0) is 24.6 Å². The van der Waals surface area contributed by atoms with E-state index in [4.69, 9.17) is 4.98 Å². The average molecular weight is 415 g/mol. The number of fused-ring (bicyclic) bond motifs is 2. The van der Waals surface area contributed by atoms with E-state index in [-0.39, 0.29) is 5.91 Å². The van der Waals surface area contributed by atoms with Crippen LogP contribution in [0, 0.1) is 0 Å². The molecule has 9 heteroatoms. The number of carbonyl (C=O) groups is 1. The largest absolute Gasteiger partial charge is 0.317 e. The van der Waals surface area contributed by atoms with Crippen molar-refractivity contribution in [2.45, 2.75) is 25.4 Å². The lowest BCUT2D eigenvalue weighted by Gasteiger charge is -2.27. The van der Waals surface area contributed by atoms with Crippen LogP contribution in [0.3, 0.4) is 0 Å². The molecule has 2 aliphatic rings. The summed E-state index contributed by atoms with van der Waals surface area (Å²) in [7, 11) is 0. The summed E-state index contributed by atoms with van der Waals surface area (Å²) in [6.07, 6.45) is 5.03. The second kappa shape index (κ2) is 7.84. The molecule has 1 amide bonds. The minimum Gasteiger partial charge on any atom is -0.317 e. The predicted molar refractivity (Wildman–Crippen MR) is 114 cm³/mol. The summed E-state index contributed by atoms with van der Waals surface area (Å²) in [5, 5.41) is 15.1. The molecule has 146 valence electrons. The van der Waals surface area contributed by atoms with Gasteiger partial charge in [0, 0.05) is 55.3 Å². The van der Waals surface area contributed by atoms with Gasteiger partial charge in [0.2, 0.25) is 5.91 Å². The first kappa shape index (κ1) is 18.1. The average Bonchev–Trinajstić information content (AvgIpc) is 3.23. The van der Waals surface area contributed by atoms with Gasteiger partial charge in [0.15, 0.2) is 0 Å². The zero-order valence-electron chi connectivity index (χ0n) is 15.4. The number of nitrogens with zero attached hydrogens (tertiary/aromatic N) is 2. The highest BCUT2D eigenvalue weighted by molar-refractivity contribution is 7.22. The van der Waals surface area contributed by atoms with Crippen molar-refractivity contribution in [3.8, 4) is 10.6 Å². The fraction of sp³-hybridized carbons (Fsp3) is 0.421. The molecule has 0 radical (unpaired) electrons. The van der Waals surface area contributed by atoms with Gasteiger partial charge in [-0.3, -0.25) is 9.78 Å². The highest BCUT2D eigenvalue weighted by atomic mass is 32.1. The molecular formula is C19H22N6OS2. The molecule has 0 aliphatic carbocycles. The zero-order valence-corrected chi connectivity index (χ0v) is 17.0. The smallest absolute Gasteiger partial charge is 0.226 e. The van der Waals surface area contributed by atoms with Crippen molar-refractivity contribution in [1.82, 2.24) is 25.9 Å². The highest BCUT2D eigenvalue weighted by Gasteiger charge is 2.25. The monoisotopic (exact) mass is 414 g/mol. The Bertz CT molecular complexity index is 976. The number of amides is 1. The molecule has 5 rings (SSSR count). The van der Waals surface area contributed by atoms with Crippen molar-refractivity contribution in [3.05, 3.63) is 28.9 Å². The van der Waals surface area contributed by atoms with Crippen molar-refractivity contribution in [1.29, 1.82) is 0 Å². The minimum atomic E-state index is 0.0513. The van der Waals surface area contributed by atoms with Gasteiger partial charge in [-0.15, -0.1) is 22.7 Å². The van der Waals surface area contributed by atoms with Crippen LogP contribution in [0.1, 0.15) is 16.9 Å². The Kier molecular flexibility index (Phi) is 5.08. The molecule has 2 aliphatic heterocycles. The molecule has 0 unspecified atom stereocenters. The number of rotatable bonds is 6. The maximum Gasteiger partial charge on any atom is 0.226 e. The third kappa shape index (κ3) is 3.56. The quantitative estimate of drug-likeness (QED) is 0.493. The van der Waals surface area contributed by atoms with Gasteiger partial charge in [0.1, 0.15) is 15.5 Å². The lowest BCUT2D eigenvalue weighted by molar-refractivity contribution is -0.116. The van der Waals surface area contributed by atoms with Crippen LogP contribution in [-0.2, 0) is 17.8 Å². The van der Waals surface area contributed by atoms with E-state index >= 15 is 0 Å². The van der Waals surface area contributed by atoms with Gasteiger partial charge in [-0.2, -0.15) is 0 Å². The Morgan fingerprint density at radius 2 is 2.21 bits per heavy atom. The molecule has 1 saturated heterocycles. The fourth-order valence-electron chi connectivity index (χ4n) is 3.55. The molecule has 0 aromatic carbocycles. The molecule has 3 aromatic rings. The third-order valence-corrected chi connectivity index (χ3v) is 7.35. The standard InChI is InChI=1S/C19H22N6OS2/c26-16(3-6-23-11-7-22-8-11)25-19-17(12-1-4-21-10-15(12)28-19)18-24-13-9-20-5-2-14(13)27-18/h2,5,9,11,21-23H,1,3-4,6-8,10H2,(H,25,26). The Balaban J connectivity index is 1.40. The predicted octanol–water partition coefficient (Wildman–Crippen LogP) is 1.96. The van der Waals surface area contributed by atoms with Crippen molar-refractivity contribution in [2.75, 3.05) is 31.5 Å². The number of hydrogen-bond donors (Lipinski definition) is 4. The number of thiazole rings is 1. The van der Waals surface area contributed by atoms with Crippen LogP contribution in [0.4, 0.5) is 5.00 Å². The summed E-state index contributed by atoms with van der Waals surface area (Å²) in [6, 6.07) is 2.50. The Morgan fingerprint density at radius 3 is 3.04 bits per heavy atom. The normalized spacial score (nSPS) is 16.7. The molecule has 7 nitrogen and oxygen atoms in total. The van der Waals surface area contributed by atoms with E-state index < -0.39 is 0 Å².